The van der Waals surface area contributed by atoms with E-state index in [1.54, 1.807) is 43.5 Å². The second kappa shape index (κ2) is 7.72. The van der Waals surface area contributed by atoms with Crippen molar-refractivity contribution in [1.82, 2.24) is 0 Å². The third-order valence-electron chi connectivity index (χ3n) is 5.14. The van der Waals surface area contributed by atoms with Gasteiger partial charge in [0, 0.05) is 16.7 Å². The quantitative estimate of drug-likeness (QED) is 0.422. The number of benzene rings is 4. The molecule has 0 aliphatic rings. The lowest BCUT2D eigenvalue weighted by atomic mass is 9.90. The first-order valence-electron chi connectivity index (χ1n) is 9.41. The van der Waals surface area contributed by atoms with Crippen molar-refractivity contribution in [2.45, 2.75) is 6.92 Å². The van der Waals surface area contributed by atoms with Crippen molar-refractivity contribution in [3.8, 4) is 5.75 Å². The van der Waals surface area contributed by atoms with E-state index in [4.69, 9.17) is 4.74 Å². The summed E-state index contributed by atoms with van der Waals surface area (Å²) in [5, 5.41) is 1.74. The molecular formula is C26H20O3. The van der Waals surface area contributed by atoms with Gasteiger partial charge in [-0.3, -0.25) is 9.59 Å². The zero-order valence-corrected chi connectivity index (χ0v) is 16.3. The minimum Gasteiger partial charge on any atom is -0.496 e. The van der Waals surface area contributed by atoms with Gasteiger partial charge in [-0.1, -0.05) is 78.9 Å². The molecule has 0 aliphatic carbocycles. The molecule has 0 aliphatic heterocycles. The van der Waals surface area contributed by atoms with Crippen LogP contribution in [0.15, 0.2) is 84.9 Å². The van der Waals surface area contributed by atoms with Crippen molar-refractivity contribution in [1.29, 1.82) is 0 Å². The number of rotatable bonds is 5. The Bertz CT molecular complexity index is 1240. The summed E-state index contributed by atoms with van der Waals surface area (Å²) in [5.41, 5.74) is 2.70. The first-order valence-corrected chi connectivity index (χ1v) is 9.41. The lowest BCUT2D eigenvalue weighted by Gasteiger charge is -2.14. The van der Waals surface area contributed by atoms with E-state index in [1.807, 2.05) is 55.5 Å². The molecule has 142 valence electrons. The maximum Gasteiger partial charge on any atom is 0.198 e. The van der Waals surface area contributed by atoms with Gasteiger partial charge in [0.2, 0.25) is 0 Å². The van der Waals surface area contributed by atoms with Crippen LogP contribution in [0.3, 0.4) is 0 Å². The van der Waals surface area contributed by atoms with Crippen molar-refractivity contribution in [2.75, 3.05) is 7.11 Å². The molecule has 0 fully saturated rings. The zero-order chi connectivity index (χ0) is 20.4. The van der Waals surface area contributed by atoms with Crippen LogP contribution in [0, 0.1) is 6.92 Å². The van der Waals surface area contributed by atoms with Crippen LogP contribution in [0.2, 0.25) is 0 Å². The number of fused-ring (bicyclic) bond motifs is 1. The number of methoxy groups -OCH3 is 1. The molecular weight excluding hydrogens is 360 g/mol. The highest BCUT2D eigenvalue weighted by molar-refractivity contribution is 6.24. The Hall–Kier alpha value is -3.72. The highest BCUT2D eigenvalue weighted by Crippen LogP contribution is 2.31. The van der Waals surface area contributed by atoms with Crippen molar-refractivity contribution < 1.29 is 14.3 Å². The molecule has 4 rings (SSSR count). The molecule has 4 aromatic carbocycles. The Morgan fingerprint density at radius 2 is 1.24 bits per heavy atom. The van der Waals surface area contributed by atoms with Crippen LogP contribution in [-0.4, -0.2) is 18.7 Å². The summed E-state index contributed by atoms with van der Waals surface area (Å²) in [5.74, 6) is 0.106. The number of carbonyl (C=O) groups excluding carboxylic acids is 2. The van der Waals surface area contributed by atoms with E-state index in [1.165, 1.54) is 0 Å². The maximum atomic E-state index is 13.6. The molecule has 3 nitrogen and oxygen atoms in total. The SMILES string of the molecule is COc1ccc2ccccc2c1C(=O)c1ccccc1C(=O)c1ccccc1C. The first kappa shape index (κ1) is 18.6. The number of hydrogen-bond acceptors (Lipinski definition) is 3. The van der Waals surface area contributed by atoms with E-state index >= 15 is 0 Å². The Kier molecular flexibility index (Phi) is 4.96. The highest BCUT2D eigenvalue weighted by Gasteiger charge is 2.24. The van der Waals surface area contributed by atoms with Gasteiger partial charge in [-0.05, 0) is 29.3 Å². The summed E-state index contributed by atoms with van der Waals surface area (Å²) in [4.78, 5) is 26.9. The van der Waals surface area contributed by atoms with Crippen LogP contribution in [0.4, 0.5) is 0 Å². The van der Waals surface area contributed by atoms with Gasteiger partial charge in [0.15, 0.2) is 11.6 Å². The smallest absolute Gasteiger partial charge is 0.198 e. The van der Waals surface area contributed by atoms with Gasteiger partial charge < -0.3 is 4.74 Å². The van der Waals surface area contributed by atoms with Crippen LogP contribution in [0.5, 0.6) is 5.75 Å². The predicted molar refractivity (Wildman–Crippen MR) is 115 cm³/mol. The van der Waals surface area contributed by atoms with Crippen molar-refractivity contribution >= 4 is 22.3 Å². The van der Waals surface area contributed by atoms with E-state index in [2.05, 4.69) is 0 Å². The monoisotopic (exact) mass is 380 g/mol. The number of aryl methyl sites for hydroxylation is 1. The first-order chi connectivity index (χ1) is 14.1. The van der Waals surface area contributed by atoms with Gasteiger partial charge >= 0.3 is 0 Å². The Morgan fingerprint density at radius 1 is 0.655 bits per heavy atom. The van der Waals surface area contributed by atoms with Crippen LogP contribution in [0.25, 0.3) is 10.8 Å². The average Bonchev–Trinajstić information content (AvgIpc) is 2.77. The summed E-state index contributed by atoms with van der Waals surface area (Å²) in [7, 11) is 1.55. The summed E-state index contributed by atoms with van der Waals surface area (Å²) in [6.45, 7) is 1.89. The lowest BCUT2D eigenvalue weighted by Crippen LogP contribution is -2.13. The average molecular weight is 380 g/mol. The number of ether oxygens (including phenoxy) is 1. The van der Waals surface area contributed by atoms with Gasteiger partial charge in [0.1, 0.15) is 5.75 Å². The van der Waals surface area contributed by atoms with E-state index in [9.17, 15) is 9.59 Å². The van der Waals surface area contributed by atoms with Gasteiger partial charge in [-0.2, -0.15) is 0 Å². The van der Waals surface area contributed by atoms with Crippen molar-refractivity contribution in [3.63, 3.8) is 0 Å². The van der Waals surface area contributed by atoms with Crippen molar-refractivity contribution in [2.24, 2.45) is 0 Å². The summed E-state index contributed by atoms with van der Waals surface area (Å²) >= 11 is 0. The molecule has 0 heterocycles. The summed E-state index contributed by atoms with van der Waals surface area (Å²) in [6.07, 6.45) is 0. The van der Waals surface area contributed by atoms with E-state index in [0.717, 1.165) is 16.3 Å². The third-order valence-corrected chi connectivity index (χ3v) is 5.14. The minimum absolute atomic E-state index is 0.161. The zero-order valence-electron chi connectivity index (χ0n) is 16.3. The molecule has 0 N–H and O–H groups in total. The molecule has 0 aromatic heterocycles. The Balaban J connectivity index is 1.90. The number of carbonyl (C=O) groups is 2. The third kappa shape index (κ3) is 3.32. The molecule has 0 radical (unpaired) electrons. The summed E-state index contributed by atoms with van der Waals surface area (Å²) < 4.78 is 5.49. The second-order valence-electron chi connectivity index (χ2n) is 6.88. The Morgan fingerprint density at radius 3 is 1.93 bits per heavy atom. The van der Waals surface area contributed by atoms with Crippen LogP contribution in [-0.2, 0) is 0 Å². The predicted octanol–water partition coefficient (Wildman–Crippen LogP) is 5.62. The fourth-order valence-electron chi connectivity index (χ4n) is 3.64. The van der Waals surface area contributed by atoms with Crippen LogP contribution >= 0.6 is 0 Å². The lowest BCUT2D eigenvalue weighted by molar-refractivity contribution is 0.100. The molecule has 4 aromatic rings. The normalized spacial score (nSPS) is 10.7. The van der Waals surface area contributed by atoms with Gasteiger partial charge in [-0.25, -0.2) is 0 Å². The fraction of sp³-hybridized carbons (Fsp3) is 0.0769. The molecule has 0 saturated heterocycles. The largest absolute Gasteiger partial charge is 0.496 e. The van der Waals surface area contributed by atoms with E-state index in [0.29, 0.717) is 28.0 Å². The number of hydrogen-bond donors (Lipinski definition) is 0. The molecule has 0 amide bonds. The standard InChI is InChI=1S/C26H20O3/c1-17-9-3-5-11-19(17)25(27)21-13-7-8-14-22(21)26(28)24-20-12-6-4-10-18(20)15-16-23(24)29-2/h3-16H,1-2H3. The molecule has 0 bridgehead atoms. The van der Waals surface area contributed by atoms with E-state index < -0.39 is 0 Å². The highest BCUT2D eigenvalue weighted by atomic mass is 16.5. The molecule has 0 saturated carbocycles. The Labute approximate surface area is 169 Å². The topological polar surface area (TPSA) is 43.4 Å². The molecule has 0 unspecified atom stereocenters. The molecule has 0 atom stereocenters. The van der Waals surface area contributed by atoms with Gasteiger partial charge in [0.05, 0.1) is 12.7 Å². The second-order valence-corrected chi connectivity index (χ2v) is 6.88. The van der Waals surface area contributed by atoms with Crippen molar-refractivity contribution in [3.05, 3.63) is 113 Å². The summed E-state index contributed by atoms with van der Waals surface area (Å²) in [6, 6.07) is 25.8. The van der Waals surface area contributed by atoms with E-state index in [-0.39, 0.29) is 11.6 Å². The number of ketones is 2. The molecule has 29 heavy (non-hydrogen) atoms. The maximum absolute atomic E-state index is 13.6. The molecule has 3 heteroatoms. The van der Waals surface area contributed by atoms with Gasteiger partial charge in [-0.15, -0.1) is 0 Å². The van der Waals surface area contributed by atoms with Gasteiger partial charge in [0.25, 0.3) is 0 Å². The van der Waals surface area contributed by atoms with Crippen LogP contribution in [0.1, 0.15) is 37.4 Å². The fourth-order valence-corrected chi connectivity index (χ4v) is 3.64. The van der Waals surface area contributed by atoms with Crippen LogP contribution < -0.4 is 4.74 Å². The molecule has 0 spiro atoms. The minimum atomic E-state index is -0.226.